The highest BCUT2D eigenvalue weighted by Crippen LogP contribution is 2.28. The number of piperazine rings is 1. The number of nitrogens with zero attached hydrogens (tertiary/aromatic N) is 6. The van der Waals surface area contributed by atoms with Crippen molar-refractivity contribution in [2.45, 2.75) is 38.3 Å². The maximum atomic E-state index is 9.31. The predicted molar refractivity (Wildman–Crippen MR) is 103 cm³/mol. The zero-order valence-electron chi connectivity index (χ0n) is 15.5. The quantitative estimate of drug-likeness (QED) is 0.728. The molecule has 0 unspecified atom stereocenters. The van der Waals surface area contributed by atoms with Gasteiger partial charge in [0.05, 0.1) is 6.04 Å². The summed E-state index contributed by atoms with van der Waals surface area (Å²) in [7, 11) is 0. The van der Waals surface area contributed by atoms with Crippen molar-refractivity contribution in [3.63, 3.8) is 0 Å². The third-order valence-corrected chi connectivity index (χ3v) is 5.31. The second kappa shape index (κ2) is 7.73. The van der Waals surface area contributed by atoms with Gasteiger partial charge in [-0.2, -0.15) is 5.26 Å². The SMILES string of the molecule is Cc1ccc(C#C[C@H]2CCC[C@H]3CN(c4nccnc4C#N)CCN32)nc1. The van der Waals surface area contributed by atoms with E-state index in [2.05, 4.69) is 42.7 Å². The lowest BCUT2D eigenvalue weighted by Crippen LogP contribution is -2.58. The van der Waals surface area contributed by atoms with E-state index < -0.39 is 0 Å². The average molecular weight is 358 g/mol. The topological polar surface area (TPSA) is 68.9 Å². The summed E-state index contributed by atoms with van der Waals surface area (Å²) in [5.41, 5.74) is 2.39. The molecular formula is C21H22N6. The van der Waals surface area contributed by atoms with E-state index in [0.717, 1.165) is 43.7 Å². The Hall–Kier alpha value is -2.96. The van der Waals surface area contributed by atoms with Gasteiger partial charge in [-0.05, 0) is 43.7 Å². The first kappa shape index (κ1) is 17.5. The third kappa shape index (κ3) is 3.77. The molecule has 0 saturated carbocycles. The molecule has 27 heavy (non-hydrogen) atoms. The molecular weight excluding hydrogens is 336 g/mol. The number of hydrogen-bond donors (Lipinski definition) is 0. The van der Waals surface area contributed by atoms with Gasteiger partial charge in [0.1, 0.15) is 11.8 Å². The van der Waals surface area contributed by atoms with E-state index >= 15 is 0 Å². The van der Waals surface area contributed by atoms with Crippen molar-refractivity contribution in [2.75, 3.05) is 24.5 Å². The maximum Gasteiger partial charge on any atom is 0.183 e. The van der Waals surface area contributed by atoms with E-state index in [1.807, 2.05) is 25.3 Å². The van der Waals surface area contributed by atoms with Gasteiger partial charge >= 0.3 is 0 Å². The summed E-state index contributed by atoms with van der Waals surface area (Å²) >= 11 is 0. The minimum absolute atomic E-state index is 0.270. The van der Waals surface area contributed by atoms with Gasteiger partial charge < -0.3 is 4.90 Å². The summed E-state index contributed by atoms with van der Waals surface area (Å²) in [6.07, 6.45) is 8.51. The zero-order chi connectivity index (χ0) is 18.6. The van der Waals surface area contributed by atoms with E-state index in [1.165, 1.54) is 6.42 Å². The minimum atomic E-state index is 0.270. The second-order valence-corrected chi connectivity index (χ2v) is 7.11. The summed E-state index contributed by atoms with van der Waals surface area (Å²) < 4.78 is 0. The van der Waals surface area contributed by atoms with E-state index in [9.17, 15) is 5.26 Å². The molecule has 2 saturated heterocycles. The van der Waals surface area contributed by atoms with E-state index in [4.69, 9.17) is 0 Å². The van der Waals surface area contributed by atoms with Crippen LogP contribution in [0.2, 0.25) is 0 Å². The number of anilines is 1. The summed E-state index contributed by atoms with van der Waals surface area (Å²) in [4.78, 5) is 17.7. The molecule has 6 heteroatoms. The first-order chi connectivity index (χ1) is 13.2. The van der Waals surface area contributed by atoms with Gasteiger partial charge in [-0.25, -0.2) is 15.0 Å². The largest absolute Gasteiger partial charge is 0.351 e. The number of aryl methyl sites for hydroxylation is 1. The van der Waals surface area contributed by atoms with Crippen molar-refractivity contribution < 1.29 is 0 Å². The molecule has 0 amide bonds. The Bertz CT molecular complexity index is 905. The summed E-state index contributed by atoms with van der Waals surface area (Å²) in [6, 6.07) is 6.90. The van der Waals surface area contributed by atoms with Crippen LogP contribution in [0, 0.1) is 30.1 Å². The standard InChI is InChI=1S/C21H22N6/c1-16-5-6-17(25-14-16)7-8-18-3-2-4-19-15-26(11-12-27(18)19)21-20(13-22)23-9-10-24-21/h5-6,9-10,14,18-19H,2-4,11-12,15H2,1H3/t18-,19+/m1/s1. The van der Waals surface area contributed by atoms with Gasteiger partial charge in [-0.15, -0.1) is 0 Å². The normalized spacial score (nSPS) is 22.3. The highest BCUT2D eigenvalue weighted by molar-refractivity contribution is 5.50. The molecule has 0 aromatic carbocycles. The number of piperidine rings is 1. The van der Waals surface area contributed by atoms with Gasteiger partial charge in [0.15, 0.2) is 11.5 Å². The van der Waals surface area contributed by atoms with Crippen LogP contribution < -0.4 is 4.90 Å². The van der Waals surface area contributed by atoms with Gasteiger partial charge in [0, 0.05) is 44.3 Å². The van der Waals surface area contributed by atoms with Crippen molar-refractivity contribution in [2.24, 2.45) is 0 Å². The first-order valence-corrected chi connectivity index (χ1v) is 9.40. The molecule has 0 spiro atoms. The van der Waals surface area contributed by atoms with Gasteiger partial charge in [-0.3, -0.25) is 4.90 Å². The lowest BCUT2D eigenvalue weighted by molar-refractivity contribution is 0.100. The molecule has 2 aliphatic rings. The number of hydrogen-bond acceptors (Lipinski definition) is 6. The summed E-state index contributed by atoms with van der Waals surface area (Å²) in [5, 5.41) is 9.31. The van der Waals surface area contributed by atoms with Crippen LogP contribution in [0.3, 0.4) is 0 Å². The molecule has 2 atom stereocenters. The summed E-state index contributed by atoms with van der Waals surface area (Å²) in [6.45, 7) is 4.66. The molecule has 6 nitrogen and oxygen atoms in total. The molecule has 2 aromatic heterocycles. The first-order valence-electron chi connectivity index (χ1n) is 9.40. The number of aromatic nitrogens is 3. The third-order valence-electron chi connectivity index (χ3n) is 5.31. The Labute approximate surface area is 159 Å². The van der Waals surface area contributed by atoms with Crippen molar-refractivity contribution >= 4 is 5.82 Å². The van der Waals surface area contributed by atoms with Gasteiger partial charge in [0.25, 0.3) is 0 Å². The van der Waals surface area contributed by atoms with Crippen LogP contribution in [0.15, 0.2) is 30.7 Å². The summed E-state index contributed by atoms with van der Waals surface area (Å²) in [5.74, 6) is 7.41. The van der Waals surface area contributed by atoms with Crippen LogP contribution >= 0.6 is 0 Å². The molecule has 0 radical (unpaired) electrons. The van der Waals surface area contributed by atoms with E-state index in [-0.39, 0.29) is 6.04 Å². The fraction of sp³-hybridized carbons (Fsp3) is 0.429. The van der Waals surface area contributed by atoms with Crippen molar-refractivity contribution in [3.05, 3.63) is 47.7 Å². The number of nitriles is 1. The zero-order valence-corrected chi connectivity index (χ0v) is 15.5. The number of pyridine rings is 1. The molecule has 136 valence electrons. The molecule has 0 N–H and O–H groups in total. The molecule has 2 aromatic rings. The smallest absolute Gasteiger partial charge is 0.183 e. The Morgan fingerprint density at radius 3 is 2.81 bits per heavy atom. The van der Waals surface area contributed by atoms with Gasteiger partial charge in [-0.1, -0.05) is 12.0 Å². The minimum Gasteiger partial charge on any atom is -0.351 e. The molecule has 2 fully saturated rings. The molecule has 4 rings (SSSR count). The predicted octanol–water partition coefficient (Wildman–Crippen LogP) is 2.15. The molecule has 0 aliphatic carbocycles. The van der Waals surface area contributed by atoms with Gasteiger partial charge in [0.2, 0.25) is 0 Å². The fourth-order valence-electron chi connectivity index (χ4n) is 3.94. The second-order valence-electron chi connectivity index (χ2n) is 7.11. The lowest BCUT2D eigenvalue weighted by Gasteiger charge is -2.47. The molecule has 4 heterocycles. The van der Waals surface area contributed by atoms with E-state index in [1.54, 1.807) is 12.4 Å². The maximum absolute atomic E-state index is 9.31. The van der Waals surface area contributed by atoms with Crippen molar-refractivity contribution in [1.29, 1.82) is 5.26 Å². The highest BCUT2D eigenvalue weighted by Gasteiger charge is 2.35. The van der Waals surface area contributed by atoms with Crippen LogP contribution in [0.1, 0.15) is 36.2 Å². The molecule has 0 bridgehead atoms. The van der Waals surface area contributed by atoms with Crippen LogP contribution in [-0.2, 0) is 0 Å². The Morgan fingerprint density at radius 1 is 1.11 bits per heavy atom. The van der Waals surface area contributed by atoms with E-state index in [0.29, 0.717) is 17.6 Å². The molecule has 2 aliphatic heterocycles. The van der Waals surface area contributed by atoms with Crippen LogP contribution in [0.25, 0.3) is 0 Å². The Morgan fingerprint density at radius 2 is 2.00 bits per heavy atom. The van der Waals surface area contributed by atoms with Crippen LogP contribution in [0.5, 0.6) is 0 Å². The Kier molecular flexibility index (Phi) is 5.00. The van der Waals surface area contributed by atoms with Crippen molar-refractivity contribution in [3.8, 4) is 17.9 Å². The Balaban J connectivity index is 1.48. The monoisotopic (exact) mass is 358 g/mol. The number of fused-ring (bicyclic) bond motifs is 1. The van der Waals surface area contributed by atoms with Crippen molar-refractivity contribution in [1.82, 2.24) is 19.9 Å². The number of rotatable bonds is 1. The van der Waals surface area contributed by atoms with Crippen LogP contribution in [0.4, 0.5) is 5.82 Å². The highest BCUT2D eigenvalue weighted by atomic mass is 15.3. The average Bonchev–Trinajstić information content (AvgIpc) is 2.73. The van der Waals surface area contributed by atoms with Crippen LogP contribution in [-0.4, -0.2) is 51.6 Å². The lowest BCUT2D eigenvalue weighted by atomic mass is 9.93. The fourth-order valence-corrected chi connectivity index (χ4v) is 3.94.